The van der Waals surface area contributed by atoms with Crippen molar-refractivity contribution in [3.63, 3.8) is 0 Å². The second-order valence-electron chi connectivity index (χ2n) is 8.56. The van der Waals surface area contributed by atoms with Crippen LogP contribution in [0.2, 0.25) is 5.02 Å². The zero-order valence-electron chi connectivity index (χ0n) is 18.3. The summed E-state index contributed by atoms with van der Waals surface area (Å²) in [5, 5.41) is 0.512. The molecule has 3 aromatic carbocycles. The van der Waals surface area contributed by atoms with E-state index in [1.165, 1.54) is 16.0 Å². The van der Waals surface area contributed by atoms with Crippen LogP contribution in [0.15, 0.2) is 84.9 Å². The van der Waals surface area contributed by atoms with Gasteiger partial charge in [-0.25, -0.2) is 4.90 Å². The molecule has 0 saturated carbocycles. The highest BCUT2D eigenvalue weighted by atomic mass is 35.5. The van der Waals surface area contributed by atoms with Gasteiger partial charge in [0.2, 0.25) is 5.91 Å². The van der Waals surface area contributed by atoms with E-state index in [1.54, 1.807) is 24.3 Å². The molecular formula is C27H26ClN3O2. The molecule has 5 rings (SSSR count). The van der Waals surface area contributed by atoms with Gasteiger partial charge in [-0.1, -0.05) is 78.3 Å². The normalized spacial score (nSPS) is 20.1. The first-order valence-corrected chi connectivity index (χ1v) is 11.7. The summed E-state index contributed by atoms with van der Waals surface area (Å²) in [5.74, 6) is -0.320. The van der Waals surface area contributed by atoms with E-state index in [0.29, 0.717) is 10.7 Å². The third kappa shape index (κ3) is 4.44. The molecule has 1 atom stereocenters. The Hall–Kier alpha value is -2.99. The summed E-state index contributed by atoms with van der Waals surface area (Å²) >= 11 is 6.09. The predicted octanol–water partition coefficient (Wildman–Crippen LogP) is 4.38. The smallest absolute Gasteiger partial charge is 0.251 e. The number of rotatable bonds is 5. The number of nitrogens with zero attached hydrogens (tertiary/aromatic N) is 3. The van der Waals surface area contributed by atoms with E-state index in [0.717, 1.165) is 26.2 Å². The summed E-state index contributed by atoms with van der Waals surface area (Å²) in [5.41, 5.74) is 3.07. The average molecular weight is 460 g/mol. The molecule has 2 heterocycles. The van der Waals surface area contributed by atoms with Crippen LogP contribution >= 0.6 is 11.6 Å². The number of hydrogen-bond donors (Lipinski definition) is 0. The minimum Gasteiger partial charge on any atom is -0.290 e. The van der Waals surface area contributed by atoms with Crippen molar-refractivity contribution < 1.29 is 9.59 Å². The number of benzene rings is 3. The molecule has 2 fully saturated rings. The predicted molar refractivity (Wildman–Crippen MR) is 130 cm³/mol. The highest BCUT2D eigenvalue weighted by Gasteiger charge is 2.43. The maximum atomic E-state index is 13.2. The molecule has 2 aliphatic heterocycles. The van der Waals surface area contributed by atoms with Crippen molar-refractivity contribution in [2.75, 3.05) is 31.1 Å². The van der Waals surface area contributed by atoms with Crippen LogP contribution in [-0.2, 0) is 9.59 Å². The van der Waals surface area contributed by atoms with Crippen LogP contribution in [0.4, 0.5) is 5.69 Å². The summed E-state index contributed by atoms with van der Waals surface area (Å²) in [7, 11) is 0. The van der Waals surface area contributed by atoms with E-state index in [2.05, 4.69) is 58.3 Å². The van der Waals surface area contributed by atoms with Crippen LogP contribution in [0.3, 0.4) is 0 Å². The lowest BCUT2D eigenvalue weighted by molar-refractivity contribution is -0.123. The second-order valence-corrected chi connectivity index (χ2v) is 9.00. The van der Waals surface area contributed by atoms with Crippen molar-refractivity contribution in [1.29, 1.82) is 0 Å². The van der Waals surface area contributed by atoms with E-state index in [4.69, 9.17) is 11.6 Å². The number of imide groups is 1. The molecule has 0 unspecified atom stereocenters. The van der Waals surface area contributed by atoms with Gasteiger partial charge in [0, 0.05) is 31.2 Å². The molecule has 168 valence electrons. The van der Waals surface area contributed by atoms with Gasteiger partial charge < -0.3 is 0 Å². The van der Waals surface area contributed by atoms with E-state index < -0.39 is 6.04 Å². The van der Waals surface area contributed by atoms with Crippen molar-refractivity contribution >= 4 is 29.1 Å². The molecule has 0 spiro atoms. The quantitative estimate of drug-likeness (QED) is 0.531. The third-order valence-corrected chi connectivity index (χ3v) is 6.81. The van der Waals surface area contributed by atoms with Crippen LogP contribution in [0.5, 0.6) is 0 Å². The maximum absolute atomic E-state index is 13.2. The van der Waals surface area contributed by atoms with E-state index in [-0.39, 0.29) is 24.3 Å². The minimum atomic E-state index is -0.412. The standard InChI is InChI=1S/C27H26ClN3O2/c28-22-12-7-13-23(18-22)31-25(32)19-24(27(31)33)29-14-16-30(17-15-29)26(20-8-3-1-4-9-20)21-10-5-2-6-11-21/h1-13,18,24,26H,14-17,19H2/t24-/m0/s1. The Bertz CT molecular complexity index is 1090. The molecule has 0 aromatic heterocycles. The molecule has 5 nitrogen and oxygen atoms in total. The van der Waals surface area contributed by atoms with Gasteiger partial charge in [0.15, 0.2) is 0 Å². The Kier molecular flexibility index (Phi) is 6.27. The molecule has 0 N–H and O–H groups in total. The van der Waals surface area contributed by atoms with Crippen LogP contribution in [-0.4, -0.2) is 53.8 Å². The maximum Gasteiger partial charge on any atom is 0.251 e. The summed E-state index contributed by atoms with van der Waals surface area (Å²) in [6.07, 6.45) is 0.214. The molecule has 0 bridgehead atoms. The molecule has 2 amide bonds. The van der Waals surface area contributed by atoms with Crippen LogP contribution in [0, 0.1) is 0 Å². The van der Waals surface area contributed by atoms with Crippen LogP contribution in [0.25, 0.3) is 0 Å². The highest BCUT2D eigenvalue weighted by molar-refractivity contribution is 6.31. The Morgan fingerprint density at radius 3 is 1.94 bits per heavy atom. The summed E-state index contributed by atoms with van der Waals surface area (Å²) in [6, 6.07) is 27.8. The van der Waals surface area contributed by atoms with Crippen LogP contribution < -0.4 is 4.90 Å². The number of carbonyl (C=O) groups excluding carboxylic acids is 2. The van der Waals surface area contributed by atoms with Gasteiger partial charge in [-0.2, -0.15) is 0 Å². The molecule has 6 heteroatoms. The fraction of sp³-hybridized carbons (Fsp3) is 0.259. The van der Waals surface area contributed by atoms with Gasteiger partial charge in [-0.05, 0) is 29.3 Å². The van der Waals surface area contributed by atoms with Gasteiger partial charge in [0.25, 0.3) is 5.91 Å². The van der Waals surface area contributed by atoms with Crippen LogP contribution in [0.1, 0.15) is 23.6 Å². The molecule has 0 radical (unpaired) electrons. The molecule has 2 aliphatic rings. The number of hydrogen-bond acceptors (Lipinski definition) is 4. The zero-order valence-corrected chi connectivity index (χ0v) is 19.1. The SMILES string of the molecule is O=C1C[C@H](N2CCN(C(c3ccccc3)c3ccccc3)CC2)C(=O)N1c1cccc(Cl)c1. The third-order valence-electron chi connectivity index (χ3n) is 6.57. The molecule has 0 aliphatic carbocycles. The fourth-order valence-corrected chi connectivity index (χ4v) is 5.16. The lowest BCUT2D eigenvalue weighted by Crippen LogP contribution is -2.53. The molecule has 2 saturated heterocycles. The van der Waals surface area contributed by atoms with Crippen molar-refractivity contribution in [2.24, 2.45) is 0 Å². The van der Waals surface area contributed by atoms with Crippen molar-refractivity contribution in [2.45, 2.75) is 18.5 Å². The monoisotopic (exact) mass is 459 g/mol. The van der Waals surface area contributed by atoms with Crippen molar-refractivity contribution in [1.82, 2.24) is 9.80 Å². The average Bonchev–Trinajstić information content (AvgIpc) is 3.15. The van der Waals surface area contributed by atoms with Crippen molar-refractivity contribution in [3.8, 4) is 0 Å². The second kappa shape index (κ2) is 9.48. The number of anilines is 1. The lowest BCUT2D eigenvalue weighted by atomic mass is 9.96. The van der Waals surface area contributed by atoms with Gasteiger partial charge in [-0.15, -0.1) is 0 Å². The molecule has 33 heavy (non-hydrogen) atoms. The first-order valence-electron chi connectivity index (χ1n) is 11.3. The van der Waals surface area contributed by atoms with Gasteiger partial charge >= 0.3 is 0 Å². The van der Waals surface area contributed by atoms with E-state index >= 15 is 0 Å². The minimum absolute atomic E-state index is 0.154. The number of piperazine rings is 1. The Morgan fingerprint density at radius 2 is 1.36 bits per heavy atom. The topological polar surface area (TPSA) is 43.9 Å². The Morgan fingerprint density at radius 1 is 0.758 bits per heavy atom. The van der Waals surface area contributed by atoms with E-state index in [9.17, 15) is 9.59 Å². The Labute approximate surface area is 199 Å². The summed E-state index contributed by atoms with van der Waals surface area (Å²) < 4.78 is 0. The van der Waals surface area contributed by atoms with Gasteiger partial charge in [-0.3, -0.25) is 19.4 Å². The first-order chi connectivity index (χ1) is 16.1. The summed E-state index contributed by atoms with van der Waals surface area (Å²) in [6.45, 7) is 3.12. The number of amides is 2. The molecule has 3 aromatic rings. The first kappa shape index (κ1) is 21.8. The van der Waals surface area contributed by atoms with Gasteiger partial charge in [0.1, 0.15) is 0 Å². The molecular weight excluding hydrogens is 434 g/mol. The zero-order chi connectivity index (χ0) is 22.8. The summed E-state index contributed by atoms with van der Waals surface area (Å²) in [4.78, 5) is 31.8. The van der Waals surface area contributed by atoms with E-state index in [1.807, 2.05) is 12.1 Å². The van der Waals surface area contributed by atoms with Crippen molar-refractivity contribution in [3.05, 3.63) is 101 Å². The lowest BCUT2D eigenvalue weighted by Gasteiger charge is -2.41. The Balaban J connectivity index is 1.31. The fourth-order valence-electron chi connectivity index (χ4n) is 4.98. The number of carbonyl (C=O) groups is 2. The van der Waals surface area contributed by atoms with Gasteiger partial charge in [0.05, 0.1) is 24.2 Å². The largest absolute Gasteiger partial charge is 0.290 e. The highest BCUT2D eigenvalue weighted by Crippen LogP contribution is 2.32. The number of halogens is 1.